The number of nitrogens with zero attached hydrogens (tertiary/aromatic N) is 3. The lowest BCUT2D eigenvalue weighted by atomic mass is 10.1. The van der Waals surface area contributed by atoms with Crippen molar-refractivity contribution >= 4 is 33.1 Å². The van der Waals surface area contributed by atoms with Gasteiger partial charge >= 0.3 is 6.18 Å². The van der Waals surface area contributed by atoms with E-state index in [-0.39, 0.29) is 10.7 Å². The van der Waals surface area contributed by atoms with E-state index in [1.807, 2.05) is 18.2 Å². The number of nitrogens with one attached hydrogen (secondary N) is 1. The molecule has 3 aromatic rings. The van der Waals surface area contributed by atoms with Crippen molar-refractivity contribution < 1.29 is 18.0 Å². The molecule has 4 rings (SSSR count). The van der Waals surface area contributed by atoms with Crippen LogP contribution in [0.2, 0.25) is 0 Å². The number of hydrogen-bond acceptors (Lipinski definition) is 5. The number of halogens is 3. The number of aryl methyl sites for hydroxylation is 1. The fourth-order valence-electron chi connectivity index (χ4n) is 3.93. The number of amides is 1. The van der Waals surface area contributed by atoms with Gasteiger partial charge in [-0.05, 0) is 49.7 Å². The van der Waals surface area contributed by atoms with Gasteiger partial charge in [-0.25, -0.2) is 4.98 Å². The number of hydrogen-bond donors (Lipinski definition) is 1. The molecule has 1 amide bonds. The van der Waals surface area contributed by atoms with Crippen molar-refractivity contribution in [1.82, 2.24) is 15.2 Å². The molecule has 0 bridgehead atoms. The van der Waals surface area contributed by atoms with Gasteiger partial charge in [-0.2, -0.15) is 13.2 Å². The summed E-state index contributed by atoms with van der Waals surface area (Å²) in [5, 5.41) is 3.49. The topological polar surface area (TPSA) is 48.5 Å². The van der Waals surface area contributed by atoms with E-state index in [9.17, 15) is 18.0 Å². The molecule has 0 saturated carbocycles. The van der Waals surface area contributed by atoms with Gasteiger partial charge in [0.15, 0.2) is 0 Å². The molecule has 1 fully saturated rings. The van der Waals surface area contributed by atoms with E-state index in [1.165, 1.54) is 11.8 Å². The van der Waals surface area contributed by atoms with E-state index in [0.29, 0.717) is 22.4 Å². The third-order valence-electron chi connectivity index (χ3n) is 5.73. The number of piperazine rings is 1. The van der Waals surface area contributed by atoms with Crippen molar-refractivity contribution in [1.29, 1.82) is 0 Å². The standard InChI is InChI=1S/C23H25F3N4OS/c1-16-18-8-9-19(23(24,25)26)28-22(18)32-20(16)21(31)27-10-5-11-29-12-14-30(15-13-29)17-6-3-2-4-7-17/h2-4,6-9H,5,10-15H2,1H3,(H,27,31). The molecule has 1 aromatic carbocycles. The molecule has 0 atom stereocenters. The number of pyridine rings is 1. The van der Waals surface area contributed by atoms with E-state index < -0.39 is 11.9 Å². The van der Waals surface area contributed by atoms with Gasteiger partial charge in [0, 0.05) is 43.8 Å². The van der Waals surface area contributed by atoms with Crippen LogP contribution < -0.4 is 10.2 Å². The maximum Gasteiger partial charge on any atom is 0.433 e. The van der Waals surface area contributed by atoms with Gasteiger partial charge in [0.1, 0.15) is 10.5 Å². The van der Waals surface area contributed by atoms with Crippen molar-refractivity contribution in [3.8, 4) is 0 Å². The zero-order chi connectivity index (χ0) is 22.7. The van der Waals surface area contributed by atoms with Gasteiger partial charge in [0.2, 0.25) is 0 Å². The van der Waals surface area contributed by atoms with E-state index in [0.717, 1.165) is 56.5 Å². The van der Waals surface area contributed by atoms with Crippen molar-refractivity contribution in [3.63, 3.8) is 0 Å². The van der Waals surface area contributed by atoms with Crippen LogP contribution in [0, 0.1) is 6.92 Å². The van der Waals surface area contributed by atoms with Crippen molar-refractivity contribution in [3.05, 3.63) is 58.6 Å². The molecule has 2 aromatic heterocycles. The molecular weight excluding hydrogens is 437 g/mol. The Hall–Kier alpha value is -2.65. The second-order valence-corrected chi connectivity index (χ2v) is 8.88. The Kier molecular flexibility index (Phi) is 6.66. The van der Waals surface area contributed by atoms with Crippen molar-refractivity contribution in [2.24, 2.45) is 0 Å². The SMILES string of the molecule is Cc1c(C(=O)NCCCN2CCN(c3ccccc3)CC2)sc2nc(C(F)(F)F)ccc12. The summed E-state index contributed by atoms with van der Waals surface area (Å²) in [4.78, 5) is 21.7. The molecule has 5 nitrogen and oxygen atoms in total. The van der Waals surface area contributed by atoms with Crippen LogP contribution in [0.1, 0.15) is 27.3 Å². The number of carbonyl (C=O) groups is 1. The number of fused-ring (bicyclic) bond motifs is 1. The lowest BCUT2D eigenvalue weighted by Crippen LogP contribution is -2.47. The highest BCUT2D eigenvalue weighted by atomic mass is 32.1. The van der Waals surface area contributed by atoms with Crippen LogP contribution in [-0.4, -0.2) is 55.1 Å². The van der Waals surface area contributed by atoms with Gasteiger partial charge in [0.05, 0.1) is 4.88 Å². The van der Waals surface area contributed by atoms with Crippen molar-refractivity contribution in [2.45, 2.75) is 19.5 Å². The van der Waals surface area contributed by atoms with E-state index in [1.54, 1.807) is 6.92 Å². The average molecular weight is 463 g/mol. The summed E-state index contributed by atoms with van der Waals surface area (Å²) in [5.74, 6) is -0.257. The van der Waals surface area contributed by atoms with Crippen molar-refractivity contribution in [2.75, 3.05) is 44.2 Å². The van der Waals surface area contributed by atoms with Gasteiger partial charge < -0.3 is 10.2 Å². The first-order valence-corrected chi connectivity index (χ1v) is 11.4. The number of aromatic nitrogens is 1. The molecule has 3 heterocycles. The molecule has 9 heteroatoms. The van der Waals surface area contributed by atoms with E-state index in [4.69, 9.17) is 0 Å². The molecule has 32 heavy (non-hydrogen) atoms. The van der Waals surface area contributed by atoms with Gasteiger partial charge in [-0.15, -0.1) is 11.3 Å². The molecule has 0 unspecified atom stereocenters. The summed E-state index contributed by atoms with van der Waals surface area (Å²) >= 11 is 1.01. The largest absolute Gasteiger partial charge is 0.433 e. The minimum Gasteiger partial charge on any atom is -0.369 e. The first kappa shape index (κ1) is 22.5. The summed E-state index contributed by atoms with van der Waals surface area (Å²) in [7, 11) is 0. The van der Waals surface area contributed by atoms with Crippen LogP contribution in [0.4, 0.5) is 18.9 Å². The van der Waals surface area contributed by atoms with Crippen LogP contribution in [-0.2, 0) is 6.18 Å². The van der Waals surface area contributed by atoms with Crippen LogP contribution in [0.25, 0.3) is 10.2 Å². The highest BCUT2D eigenvalue weighted by molar-refractivity contribution is 7.20. The third kappa shape index (κ3) is 5.05. The minimum absolute atomic E-state index is 0.235. The lowest BCUT2D eigenvalue weighted by molar-refractivity contribution is -0.140. The molecule has 1 saturated heterocycles. The smallest absolute Gasteiger partial charge is 0.369 e. The summed E-state index contributed by atoms with van der Waals surface area (Å²) in [6.45, 7) is 7.07. The number of carbonyl (C=O) groups excluding carboxylic acids is 1. The predicted molar refractivity (Wildman–Crippen MR) is 121 cm³/mol. The highest BCUT2D eigenvalue weighted by Crippen LogP contribution is 2.34. The average Bonchev–Trinajstić information content (AvgIpc) is 3.13. The van der Waals surface area contributed by atoms with Gasteiger partial charge in [-0.3, -0.25) is 9.69 Å². The number of para-hydroxylation sites is 1. The van der Waals surface area contributed by atoms with Crippen LogP contribution in [0.3, 0.4) is 0 Å². The summed E-state index contributed by atoms with van der Waals surface area (Å²) in [6.07, 6.45) is -3.68. The monoisotopic (exact) mass is 462 g/mol. The quantitative estimate of drug-likeness (QED) is 0.546. The Morgan fingerprint density at radius 2 is 1.81 bits per heavy atom. The Bertz CT molecular complexity index is 1080. The fraction of sp³-hybridized carbons (Fsp3) is 0.391. The number of alkyl halides is 3. The van der Waals surface area contributed by atoms with Crippen LogP contribution >= 0.6 is 11.3 Å². The van der Waals surface area contributed by atoms with Gasteiger partial charge in [0.25, 0.3) is 5.91 Å². The van der Waals surface area contributed by atoms with Crippen LogP contribution in [0.5, 0.6) is 0 Å². The van der Waals surface area contributed by atoms with Crippen LogP contribution in [0.15, 0.2) is 42.5 Å². The Morgan fingerprint density at radius 1 is 1.09 bits per heavy atom. The first-order valence-electron chi connectivity index (χ1n) is 10.6. The second-order valence-electron chi connectivity index (χ2n) is 7.88. The number of thiophene rings is 1. The Morgan fingerprint density at radius 3 is 2.50 bits per heavy atom. The lowest BCUT2D eigenvalue weighted by Gasteiger charge is -2.36. The molecule has 170 valence electrons. The zero-order valence-electron chi connectivity index (χ0n) is 17.8. The first-order chi connectivity index (χ1) is 15.3. The Balaban J connectivity index is 1.26. The summed E-state index contributed by atoms with van der Waals surface area (Å²) in [5.41, 5.74) is 0.973. The molecule has 1 aliphatic heterocycles. The number of benzene rings is 1. The molecule has 1 aliphatic rings. The highest BCUT2D eigenvalue weighted by Gasteiger charge is 2.33. The molecule has 0 spiro atoms. The van der Waals surface area contributed by atoms with E-state index in [2.05, 4.69) is 32.2 Å². The molecule has 0 radical (unpaired) electrons. The normalized spacial score (nSPS) is 15.3. The molecule has 0 aliphatic carbocycles. The fourth-order valence-corrected chi connectivity index (χ4v) is 5.02. The van der Waals surface area contributed by atoms with E-state index >= 15 is 0 Å². The molecule has 1 N–H and O–H groups in total. The number of rotatable bonds is 6. The molecular formula is C23H25F3N4OS. The summed E-state index contributed by atoms with van der Waals surface area (Å²) < 4.78 is 38.7. The predicted octanol–water partition coefficient (Wildman–Crippen LogP) is 4.57. The Labute approximate surface area is 188 Å². The maximum absolute atomic E-state index is 12.9. The third-order valence-corrected chi connectivity index (χ3v) is 6.93. The maximum atomic E-state index is 12.9. The van der Waals surface area contributed by atoms with Gasteiger partial charge in [-0.1, -0.05) is 18.2 Å². The summed E-state index contributed by atoms with van der Waals surface area (Å²) in [6, 6.07) is 12.7. The minimum atomic E-state index is -4.50. The zero-order valence-corrected chi connectivity index (χ0v) is 18.6. The second kappa shape index (κ2) is 9.46. The number of anilines is 1.